The summed E-state index contributed by atoms with van der Waals surface area (Å²) in [7, 11) is 0. The summed E-state index contributed by atoms with van der Waals surface area (Å²) < 4.78 is 11.0. The Hall–Kier alpha value is -1.43. The summed E-state index contributed by atoms with van der Waals surface area (Å²) in [5, 5.41) is 0.419. The van der Waals surface area contributed by atoms with E-state index in [-0.39, 0.29) is 6.29 Å². The molecule has 0 aromatic carbocycles. The van der Waals surface area contributed by atoms with Gasteiger partial charge < -0.3 is 14.5 Å². The molecule has 3 heterocycles. The maximum Gasteiger partial charge on any atom is 0.184 e. The number of halogens is 1. The minimum Gasteiger partial charge on any atom is -0.346 e. The molecule has 6 heteroatoms. The van der Waals surface area contributed by atoms with Crippen molar-refractivity contribution in [2.24, 2.45) is 0 Å². The first-order valence-electron chi connectivity index (χ1n) is 5.22. The summed E-state index contributed by atoms with van der Waals surface area (Å²) >= 11 is 5.91. The van der Waals surface area contributed by atoms with Gasteiger partial charge in [0.05, 0.1) is 31.4 Å². The largest absolute Gasteiger partial charge is 0.346 e. The van der Waals surface area contributed by atoms with Gasteiger partial charge in [0.25, 0.3) is 0 Å². The molecule has 1 saturated heterocycles. The third-order valence-corrected chi connectivity index (χ3v) is 2.77. The van der Waals surface area contributed by atoms with Gasteiger partial charge in [0.1, 0.15) is 5.15 Å². The zero-order chi connectivity index (χ0) is 11.7. The molecule has 0 unspecified atom stereocenters. The van der Waals surface area contributed by atoms with E-state index in [1.807, 2.05) is 0 Å². The molecule has 0 bridgehead atoms. The average molecular weight is 252 g/mol. The minimum absolute atomic E-state index is 0.381. The van der Waals surface area contributed by atoms with E-state index < -0.39 is 0 Å². The first-order valence-corrected chi connectivity index (χ1v) is 5.60. The van der Waals surface area contributed by atoms with Gasteiger partial charge >= 0.3 is 0 Å². The summed E-state index contributed by atoms with van der Waals surface area (Å²) in [5.41, 5.74) is 2.62. The fourth-order valence-electron chi connectivity index (χ4n) is 1.81. The quantitative estimate of drug-likeness (QED) is 0.831. The lowest BCUT2D eigenvalue weighted by Gasteiger charge is -2.13. The van der Waals surface area contributed by atoms with Crippen LogP contribution in [-0.2, 0) is 9.47 Å². The van der Waals surface area contributed by atoms with Crippen LogP contribution in [0.2, 0.25) is 5.15 Å². The van der Waals surface area contributed by atoms with E-state index in [1.165, 1.54) is 0 Å². The molecule has 1 aliphatic rings. The second-order valence-corrected chi connectivity index (χ2v) is 4.02. The lowest BCUT2D eigenvalue weighted by atomic mass is 10.1. The molecular weight excluding hydrogens is 242 g/mol. The van der Waals surface area contributed by atoms with E-state index in [1.54, 1.807) is 24.8 Å². The van der Waals surface area contributed by atoms with Gasteiger partial charge in [-0.15, -0.1) is 0 Å². The highest BCUT2D eigenvalue weighted by Crippen LogP contribution is 2.32. The Bertz CT molecular complexity index is 509. The van der Waals surface area contributed by atoms with Gasteiger partial charge in [0, 0.05) is 17.3 Å². The topological polar surface area (TPSA) is 60.0 Å². The van der Waals surface area contributed by atoms with Crippen LogP contribution in [0.3, 0.4) is 0 Å². The molecule has 1 N–H and O–H groups in total. The molecule has 0 atom stereocenters. The molecule has 5 nitrogen and oxygen atoms in total. The van der Waals surface area contributed by atoms with Crippen molar-refractivity contribution in [3.63, 3.8) is 0 Å². The molecule has 0 saturated carbocycles. The summed E-state index contributed by atoms with van der Waals surface area (Å²) in [4.78, 5) is 11.1. The molecule has 0 aliphatic carbocycles. The van der Waals surface area contributed by atoms with E-state index in [9.17, 15) is 0 Å². The maximum absolute atomic E-state index is 5.91. The van der Waals surface area contributed by atoms with Crippen molar-refractivity contribution < 1.29 is 9.47 Å². The Balaban J connectivity index is 2.07. The SMILES string of the molecule is Clc1cc(C2OCCO2)c(-c2cnc[nH]2)cn1. The van der Waals surface area contributed by atoms with Crippen molar-refractivity contribution in [3.8, 4) is 11.3 Å². The van der Waals surface area contributed by atoms with Crippen LogP contribution in [-0.4, -0.2) is 28.2 Å². The third kappa shape index (κ3) is 2.04. The molecule has 2 aromatic rings. The number of aromatic amines is 1. The first kappa shape index (κ1) is 10.7. The molecule has 0 amide bonds. The summed E-state index contributed by atoms with van der Waals surface area (Å²) in [6, 6.07) is 1.76. The Kier molecular flexibility index (Phi) is 2.80. The molecule has 17 heavy (non-hydrogen) atoms. The first-order chi connectivity index (χ1) is 8.34. The fraction of sp³-hybridized carbons (Fsp3) is 0.273. The maximum atomic E-state index is 5.91. The van der Waals surface area contributed by atoms with Gasteiger partial charge in [0.2, 0.25) is 0 Å². The minimum atomic E-state index is -0.381. The van der Waals surface area contributed by atoms with Gasteiger partial charge in [-0.2, -0.15) is 0 Å². The third-order valence-electron chi connectivity index (χ3n) is 2.57. The number of nitrogens with zero attached hydrogens (tertiary/aromatic N) is 2. The van der Waals surface area contributed by atoms with Crippen LogP contribution in [0, 0.1) is 0 Å². The fourth-order valence-corrected chi connectivity index (χ4v) is 1.97. The standard InChI is InChI=1S/C11H10ClN3O2/c12-10-3-7(11-16-1-2-17-11)8(4-14-10)9-5-13-6-15-9/h3-6,11H,1-2H2,(H,13,15). The monoisotopic (exact) mass is 251 g/mol. The van der Waals surface area contributed by atoms with Gasteiger partial charge in [-0.25, -0.2) is 9.97 Å². The molecular formula is C11H10ClN3O2. The predicted molar refractivity (Wildman–Crippen MR) is 61.5 cm³/mol. The number of hydrogen-bond acceptors (Lipinski definition) is 4. The highest BCUT2D eigenvalue weighted by atomic mass is 35.5. The number of hydrogen-bond donors (Lipinski definition) is 1. The number of nitrogens with one attached hydrogen (secondary N) is 1. The number of ether oxygens (including phenoxy) is 2. The van der Waals surface area contributed by atoms with E-state index in [2.05, 4.69) is 15.0 Å². The van der Waals surface area contributed by atoms with E-state index in [0.29, 0.717) is 18.4 Å². The second kappa shape index (κ2) is 4.44. The van der Waals surface area contributed by atoms with Gasteiger partial charge in [-0.3, -0.25) is 0 Å². The second-order valence-electron chi connectivity index (χ2n) is 3.63. The average Bonchev–Trinajstić information content (AvgIpc) is 3.02. The van der Waals surface area contributed by atoms with Gasteiger partial charge in [-0.05, 0) is 6.07 Å². The predicted octanol–water partition coefficient (Wildman–Crippen LogP) is 2.17. The van der Waals surface area contributed by atoms with E-state index in [0.717, 1.165) is 16.8 Å². The molecule has 0 spiro atoms. The Morgan fingerprint density at radius 3 is 2.82 bits per heavy atom. The number of pyridine rings is 1. The highest BCUT2D eigenvalue weighted by Gasteiger charge is 2.23. The van der Waals surface area contributed by atoms with Crippen molar-refractivity contribution in [3.05, 3.63) is 35.5 Å². The Morgan fingerprint density at radius 1 is 1.29 bits per heavy atom. The van der Waals surface area contributed by atoms with Crippen molar-refractivity contribution in [2.75, 3.05) is 13.2 Å². The van der Waals surface area contributed by atoms with Crippen LogP contribution in [0.4, 0.5) is 0 Å². The van der Waals surface area contributed by atoms with Gasteiger partial charge in [0.15, 0.2) is 6.29 Å². The zero-order valence-corrected chi connectivity index (χ0v) is 9.65. The molecule has 1 aliphatic heterocycles. The highest BCUT2D eigenvalue weighted by molar-refractivity contribution is 6.29. The summed E-state index contributed by atoms with van der Waals surface area (Å²) in [6.45, 7) is 1.18. The van der Waals surface area contributed by atoms with Crippen molar-refractivity contribution in [1.82, 2.24) is 15.0 Å². The Morgan fingerprint density at radius 2 is 2.12 bits per heavy atom. The Labute approximate surface area is 103 Å². The van der Waals surface area contributed by atoms with Crippen LogP contribution >= 0.6 is 11.6 Å². The van der Waals surface area contributed by atoms with Crippen molar-refractivity contribution in [1.29, 1.82) is 0 Å². The molecule has 0 radical (unpaired) electrons. The molecule has 2 aromatic heterocycles. The molecule has 88 valence electrons. The molecule has 1 fully saturated rings. The number of imidazole rings is 1. The number of rotatable bonds is 2. The van der Waals surface area contributed by atoms with Crippen LogP contribution in [0.1, 0.15) is 11.9 Å². The zero-order valence-electron chi connectivity index (χ0n) is 8.89. The normalized spacial score (nSPS) is 16.5. The van der Waals surface area contributed by atoms with Crippen molar-refractivity contribution in [2.45, 2.75) is 6.29 Å². The van der Waals surface area contributed by atoms with Gasteiger partial charge in [-0.1, -0.05) is 11.6 Å². The number of H-pyrrole nitrogens is 1. The lowest BCUT2D eigenvalue weighted by molar-refractivity contribution is -0.0437. The van der Waals surface area contributed by atoms with E-state index >= 15 is 0 Å². The van der Waals surface area contributed by atoms with Crippen LogP contribution in [0.5, 0.6) is 0 Å². The lowest BCUT2D eigenvalue weighted by Crippen LogP contribution is -2.01. The van der Waals surface area contributed by atoms with Crippen LogP contribution in [0.25, 0.3) is 11.3 Å². The smallest absolute Gasteiger partial charge is 0.184 e. The number of aromatic nitrogens is 3. The van der Waals surface area contributed by atoms with Crippen LogP contribution < -0.4 is 0 Å². The van der Waals surface area contributed by atoms with E-state index in [4.69, 9.17) is 21.1 Å². The van der Waals surface area contributed by atoms with Crippen LogP contribution in [0.15, 0.2) is 24.8 Å². The summed E-state index contributed by atoms with van der Waals surface area (Å²) in [5.74, 6) is 0. The molecule has 3 rings (SSSR count). The van der Waals surface area contributed by atoms with Crippen molar-refractivity contribution >= 4 is 11.6 Å². The summed E-state index contributed by atoms with van der Waals surface area (Å²) in [6.07, 6.45) is 4.65.